The predicted octanol–water partition coefficient (Wildman–Crippen LogP) is 2.06. The third-order valence-electron chi connectivity index (χ3n) is 3.68. The molecule has 1 saturated heterocycles. The van der Waals surface area contributed by atoms with Gasteiger partial charge in [-0.15, -0.1) is 0 Å². The molecule has 0 aliphatic carbocycles. The van der Waals surface area contributed by atoms with Crippen molar-refractivity contribution in [1.29, 1.82) is 0 Å². The molecule has 4 nitrogen and oxygen atoms in total. The Kier molecular flexibility index (Phi) is 3.18. The van der Waals surface area contributed by atoms with Gasteiger partial charge in [0.2, 0.25) is 0 Å². The quantitative estimate of drug-likeness (QED) is 0.862. The Morgan fingerprint density at radius 2 is 2.05 bits per heavy atom. The average Bonchev–Trinajstić information content (AvgIpc) is 2.45. The van der Waals surface area contributed by atoms with Crippen molar-refractivity contribution >= 4 is 16.8 Å². The van der Waals surface area contributed by atoms with Gasteiger partial charge < -0.3 is 10.2 Å². The highest BCUT2D eigenvalue weighted by molar-refractivity contribution is 5.95. The molecule has 0 radical (unpaired) electrons. The van der Waals surface area contributed by atoms with Gasteiger partial charge >= 0.3 is 0 Å². The molecule has 3 rings (SSSR count). The van der Waals surface area contributed by atoms with Crippen LogP contribution in [-0.2, 0) is 0 Å². The van der Waals surface area contributed by atoms with Crippen LogP contribution in [0.5, 0.6) is 0 Å². The molecular weight excluding hydrogens is 250 g/mol. The fourth-order valence-electron chi connectivity index (χ4n) is 2.66. The Labute approximate surface area is 118 Å². The van der Waals surface area contributed by atoms with Gasteiger partial charge in [0, 0.05) is 30.6 Å². The second-order valence-corrected chi connectivity index (χ2v) is 5.93. The number of nitrogens with zero attached hydrogens (tertiary/aromatic N) is 2. The fraction of sp³-hybridized carbons (Fsp3) is 0.375. The molecule has 104 valence electrons. The SMILES string of the molecule is CC1(C)CN(C(=O)c2ccc3ccccc3n2)CCN1. The van der Waals surface area contributed by atoms with E-state index in [2.05, 4.69) is 24.1 Å². The van der Waals surface area contributed by atoms with Gasteiger partial charge in [-0.1, -0.05) is 24.3 Å². The molecule has 1 amide bonds. The monoisotopic (exact) mass is 269 g/mol. The molecule has 2 aromatic rings. The minimum absolute atomic E-state index is 0.0188. The number of para-hydroxylation sites is 1. The first-order valence-corrected chi connectivity index (χ1v) is 6.95. The van der Waals surface area contributed by atoms with Crippen molar-refractivity contribution in [3.63, 3.8) is 0 Å². The highest BCUT2D eigenvalue weighted by atomic mass is 16.2. The smallest absolute Gasteiger partial charge is 0.272 e. The summed E-state index contributed by atoms with van der Waals surface area (Å²) in [5.74, 6) is 0.0188. The van der Waals surface area contributed by atoms with Crippen molar-refractivity contribution in [2.24, 2.45) is 0 Å². The Morgan fingerprint density at radius 3 is 2.85 bits per heavy atom. The standard InChI is InChI=1S/C16H19N3O/c1-16(2)11-19(10-9-17-16)15(20)14-8-7-12-5-3-4-6-13(12)18-14/h3-8,17H,9-11H2,1-2H3. The molecule has 0 unspecified atom stereocenters. The minimum Gasteiger partial charge on any atom is -0.334 e. The molecule has 20 heavy (non-hydrogen) atoms. The van der Waals surface area contributed by atoms with E-state index in [1.165, 1.54) is 0 Å². The van der Waals surface area contributed by atoms with Crippen LogP contribution in [0, 0.1) is 0 Å². The van der Waals surface area contributed by atoms with Crippen LogP contribution in [0.4, 0.5) is 0 Å². The maximum absolute atomic E-state index is 12.6. The van der Waals surface area contributed by atoms with E-state index in [1.54, 1.807) is 0 Å². The number of hydrogen-bond acceptors (Lipinski definition) is 3. The molecule has 0 saturated carbocycles. The van der Waals surface area contributed by atoms with Crippen LogP contribution in [-0.4, -0.2) is 41.0 Å². The van der Waals surface area contributed by atoms with Gasteiger partial charge in [0.05, 0.1) is 5.52 Å². The highest BCUT2D eigenvalue weighted by Gasteiger charge is 2.29. The zero-order valence-electron chi connectivity index (χ0n) is 11.9. The average molecular weight is 269 g/mol. The second-order valence-electron chi connectivity index (χ2n) is 5.93. The van der Waals surface area contributed by atoms with Crippen molar-refractivity contribution in [2.45, 2.75) is 19.4 Å². The molecule has 0 atom stereocenters. The maximum atomic E-state index is 12.6. The van der Waals surface area contributed by atoms with E-state index in [0.717, 1.165) is 24.0 Å². The lowest BCUT2D eigenvalue weighted by molar-refractivity contribution is 0.0646. The largest absolute Gasteiger partial charge is 0.334 e. The van der Waals surface area contributed by atoms with Gasteiger partial charge in [0.1, 0.15) is 5.69 Å². The lowest BCUT2D eigenvalue weighted by Gasteiger charge is -2.38. The number of nitrogens with one attached hydrogen (secondary N) is 1. The summed E-state index contributed by atoms with van der Waals surface area (Å²) >= 11 is 0. The van der Waals surface area contributed by atoms with Gasteiger partial charge in [-0.3, -0.25) is 4.79 Å². The molecule has 0 spiro atoms. The number of hydrogen-bond donors (Lipinski definition) is 1. The molecule has 2 heterocycles. The summed E-state index contributed by atoms with van der Waals surface area (Å²) in [6.07, 6.45) is 0. The lowest BCUT2D eigenvalue weighted by Crippen LogP contribution is -2.58. The van der Waals surface area contributed by atoms with E-state index in [-0.39, 0.29) is 11.4 Å². The maximum Gasteiger partial charge on any atom is 0.272 e. The fourth-order valence-corrected chi connectivity index (χ4v) is 2.66. The van der Waals surface area contributed by atoms with E-state index in [1.807, 2.05) is 41.3 Å². The highest BCUT2D eigenvalue weighted by Crippen LogP contribution is 2.16. The van der Waals surface area contributed by atoms with Crippen LogP contribution < -0.4 is 5.32 Å². The number of amides is 1. The zero-order valence-corrected chi connectivity index (χ0v) is 11.9. The number of benzene rings is 1. The van der Waals surface area contributed by atoms with Crippen molar-refractivity contribution in [2.75, 3.05) is 19.6 Å². The first-order valence-electron chi connectivity index (χ1n) is 6.95. The van der Waals surface area contributed by atoms with Crippen LogP contribution in [0.1, 0.15) is 24.3 Å². The topological polar surface area (TPSA) is 45.2 Å². The molecule has 1 fully saturated rings. The molecule has 1 N–H and O–H groups in total. The number of aromatic nitrogens is 1. The van der Waals surface area contributed by atoms with Gasteiger partial charge in [-0.2, -0.15) is 0 Å². The van der Waals surface area contributed by atoms with Crippen molar-refractivity contribution in [1.82, 2.24) is 15.2 Å². The summed E-state index contributed by atoms with van der Waals surface area (Å²) < 4.78 is 0. The summed E-state index contributed by atoms with van der Waals surface area (Å²) in [4.78, 5) is 18.9. The minimum atomic E-state index is -0.0369. The summed E-state index contributed by atoms with van der Waals surface area (Å²) in [5.41, 5.74) is 1.36. The van der Waals surface area contributed by atoms with E-state index < -0.39 is 0 Å². The van der Waals surface area contributed by atoms with Gasteiger partial charge in [0.15, 0.2) is 0 Å². The van der Waals surface area contributed by atoms with Crippen LogP contribution in [0.25, 0.3) is 10.9 Å². The number of piperazine rings is 1. The summed E-state index contributed by atoms with van der Waals surface area (Å²) in [6.45, 7) is 6.49. The van der Waals surface area contributed by atoms with Crippen LogP contribution in [0.15, 0.2) is 36.4 Å². The van der Waals surface area contributed by atoms with Crippen LogP contribution >= 0.6 is 0 Å². The normalized spacial score (nSPS) is 18.2. The number of fused-ring (bicyclic) bond motifs is 1. The molecule has 4 heteroatoms. The number of rotatable bonds is 1. The van der Waals surface area contributed by atoms with E-state index in [4.69, 9.17) is 0 Å². The first-order chi connectivity index (χ1) is 9.55. The molecule has 1 aliphatic heterocycles. The Bertz CT molecular complexity index is 651. The third-order valence-corrected chi connectivity index (χ3v) is 3.68. The third kappa shape index (κ3) is 2.51. The Balaban J connectivity index is 1.88. The van der Waals surface area contributed by atoms with Crippen LogP contribution in [0.2, 0.25) is 0 Å². The summed E-state index contributed by atoms with van der Waals surface area (Å²) in [5, 5.41) is 4.47. The van der Waals surface area contributed by atoms with Gasteiger partial charge in [0.25, 0.3) is 5.91 Å². The molecular formula is C16H19N3O. The first kappa shape index (κ1) is 13.1. The summed E-state index contributed by atoms with van der Waals surface area (Å²) in [6, 6.07) is 11.6. The van der Waals surface area contributed by atoms with Gasteiger partial charge in [-0.25, -0.2) is 4.98 Å². The number of carbonyl (C=O) groups excluding carboxylic acids is 1. The van der Waals surface area contributed by atoms with E-state index >= 15 is 0 Å². The number of carbonyl (C=O) groups is 1. The summed E-state index contributed by atoms with van der Waals surface area (Å²) in [7, 11) is 0. The van der Waals surface area contributed by atoms with Crippen LogP contribution in [0.3, 0.4) is 0 Å². The Hall–Kier alpha value is -1.94. The van der Waals surface area contributed by atoms with Crippen molar-refractivity contribution in [3.05, 3.63) is 42.1 Å². The van der Waals surface area contributed by atoms with Crippen molar-refractivity contribution < 1.29 is 4.79 Å². The van der Waals surface area contributed by atoms with Crippen molar-refractivity contribution in [3.8, 4) is 0 Å². The number of pyridine rings is 1. The second kappa shape index (κ2) is 4.87. The van der Waals surface area contributed by atoms with Gasteiger partial charge in [-0.05, 0) is 26.0 Å². The van der Waals surface area contributed by atoms with E-state index in [0.29, 0.717) is 12.2 Å². The Morgan fingerprint density at radius 1 is 1.25 bits per heavy atom. The molecule has 1 aliphatic rings. The molecule has 0 bridgehead atoms. The zero-order chi connectivity index (χ0) is 14.2. The molecule has 1 aromatic carbocycles. The van der Waals surface area contributed by atoms with E-state index in [9.17, 15) is 4.79 Å². The lowest BCUT2D eigenvalue weighted by atomic mass is 10.0. The predicted molar refractivity (Wildman–Crippen MR) is 79.7 cm³/mol. The molecule has 1 aromatic heterocycles.